The zero-order valence-electron chi connectivity index (χ0n) is 14.5. The third kappa shape index (κ3) is 4.88. The molecule has 0 spiro atoms. The zero-order chi connectivity index (χ0) is 18.2. The third-order valence-electron chi connectivity index (χ3n) is 4.17. The molecule has 1 fully saturated rings. The van der Waals surface area contributed by atoms with Gasteiger partial charge in [0.25, 0.3) is 5.91 Å². The van der Waals surface area contributed by atoms with Crippen molar-refractivity contribution >= 4 is 5.91 Å². The van der Waals surface area contributed by atoms with Crippen LogP contribution in [0.3, 0.4) is 0 Å². The second-order valence-corrected chi connectivity index (χ2v) is 5.95. The van der Waals surface area contributed by atoms with E-state index in [0.29, 0.717) is 18.8 Å². The van der Waals surface area contributed by atoms with E-state index in [1.165, 1.54) is 6.20 Å². The predicted molar refractivity (Wildman–Crippen MR) is 93.4 cm³/mol. The van der Waals surface area contributed by atoms with Crippen molar-refractivity contribution in [1.29, 1.82) is 5.26 Å². The Bertz CT molecular complexity index is 708. The van der Waals surface area contributed by atoms with Crippen molar-refractivity contribution in [3.63, 3.8) is 0 Å². The van der Waals surface area contributed by atoms with Gasteiger partial charge < -0.3 is 24.8 Å². The summed E-state index contributed by atoms with van der Waals surface area (Å²) in [5, 5.41) is 15.0. The number of fused-ring (bicyclic) bond motifs is 1. The average Bonchev–Trinajstić information content (AvgIpc) is 3.14. The maximum absolute atomic E-state index is 12.1. The number of hydrogen-bond donors (Lipinski definition) is 2. The Morgan fingerprint density at radius 1 is 1.27 bits per heavy atom. The highest BCUT2D eigenvalue weighted by Gasteiger charge is 2.14. The Kier molecular flexibility index (Phi) is 6.30. The molecule has 0 atom stereocenters. The quantitative estimate of drug-likeness (QED) is 0.537. The van der Waals surface area contributed by atoms with Gasteiger partial charge in [-0.15, -0.1) is 0 Å². The van der Waals surface area contributed by atoms with Crippen LogP contribution in [0.2, 0.25) is 0 Å². The summed E-state index contributed by atoms with van der Waals surface area (Å²) in [6.45, 7) is 5.14. The summed E-state index contributed by atoms with van der Waals surface area (Å²) in [6, 6.07) is 7.54. The number of carbonyl (C=O) groups excluding carboxylic acids is 1. The van der Waals surface area contributed by atoms with Crippen molar-refractivity contribution in [2.75, 3.05) is 46.2 Å². The molecule has 2 N–H and O–H groups in total. The van der Waals surface area contributed by atoms with Gasteiger partial charge in [-0.3, -0.25) is 9.69 Å². The highest BCUT2D eigenvalue weighted by molar-refractivity contribution is 5.97. The van der Waals surface area contributed by atoms with Gasteiger partial charge in [0.15, 0.2) is 11.5 Å². The van der Waals surface area contributed by atoms with Gasteiger partial charge in [-0.05, 0) is 17.7 Å². The van der Waals surface area contributed by atoms with Crippen molar-refractivity contribution in [2.24, 2.45) is 0 Å². The van der Waals surface area contributed by atoms with Crippen LogP contribution in [-0.2, 0) is 16.1 Å². The van der Waals surface area contributed by atoms with Gasteiger partial charge in [0.05, 0.1) is 13.2 Å². The molecule has 2 aliphatic rings. The summed E-state index contributed by atoms with van der Waals surface area (Å²) in [4.78, 5) is 14.3. The lowest BCUT2D eigenvalue weighted by Crippen LogP contribution is -2.41. The SMILES string of the molecule is N#C/C(=C/NCc1ccc2c(c1)OCO2)C(=O)NCCN1CCOCC1. The number of benzene rings is 1. The molecule has 0 radical (unpaired) electrons. The standard InChI is InChI=1S/C18H22N4O4/c19-10-15(18(23)21-3-4-22-5-7-24-8-6-22)12-20-11-14-1-2-16-17(9-14)26-13-25-16/h1-2,9,12,20H,3-8,11,13H2,(H,21,23)/b15-12-. The summed E-state index contributed by atoms with van der Waals surface area (Å²) < 4.78 is 15.9. The first-order chi connectivity index (χ1) is 12.8. The van der Waals surface area contributed by atoms with Crippen molar-refractivity contribution in [2.45, 2.75) is 6.54 Å². The van der Waals surface area contributed by atoms with Crippen LogP contribution < -0.4 is 20.1 Å². The Morgan fingerprint density at radius 3 is 2.88 bits per heavy atom. The van der Waals surface area contributed by atoms with Gasteiger partial charge in [-0.25, -0.2) is 0 Å². The maximum Gasteiger partial charge on any atom is 0.263 e. The van der Waals surface area contributed by atoms with E-state index in [4.69, 9.17) is 14.2 Å². The Hall–Kier alpha value is -2.76. The van der Waals surface area contributed by atoms with Gasteiger partial charge in [-0.2, -0.15) is 5.26 Å². The van der Waals surface area contributed by atoms with Crippen molar-refractivity contribution in [3.05, 3.63) is 35.5 Å². The van der Waals surface area contributed by atoms with Crippen LogP contribution in [0.5, 0.6) is 11.5 Å². The molecule has 1 aromatic rings. The van der Waals surface area contributed by atoms with E-state index in [2.05, 4.69) is 15.5 Å². The molecule has 3 rings (SSSR count). The van der Waals surface area contributed by atoms with Gasteiger partial charge in [-0.1, -0.05) is 6.07 Å². The van der Waals surface area contributed by atoms with E-state index in [0.717, 1.165) is 44.2 Å². The number of hydrogen-bond acceptors (Lipinski definition) is 7. The highest BCUT2D eigenvalue weighted by atomic mass is 16.7. The summed E-state index contributed by atoms with van der Waals surface area (Å²) in [7, 11) is 0. The van der Waals surface area contributed by atoms with Crippen LogP contribution in [-0.4, -0.2) is 57.0 Å². The smallest absolute Gasteiger partial charge is 0.263 e. The molecule has 0 aromatic heterocycles. The molecule has 26 heavy (non-hydrogen) atoms. The first-order valence-corrected chi connectivity index (χ1v) is 8.57. The molecule has 8 heteroatoms. The largest absolute Gasteiger partial charge is 0.454 e. The van der Waals surface area contributed by atoms with Crippen LogP contribution in [0.25, 0.3) is 0 Å². The molecule has 2 aliphatic heterocycles. The molecule has 0 unspecified atom stereocenters. The third-order valence-corrected chi connectivity index (χ3v) is 4.17. The van der Waals surface area contributed by atoms with E-state index in [1.54, 1.807) is 0 Å². The minimum absolute atomic E-state index is 0.0488. The molecule has 0 saturated carbocycles. The fourth-order valence-corrected chi connectivity index (χ4v) is 2.72. The lowest BCUT2D eigenvalue weighted by atomic mass is 10.2. The minimum Gasteiger partial charge on any atom is -0.454 e. The number of nitrogens with zero attached hydrogens (tertiary/aromatic N) is 2. The van der Waals surface area contributed by atoms with E-state index >= 15 is 0 Å². The normalized spacial score (nSPS) is 16.8. The Balaban J connectivity index is 1.43. The van der Waals surface area contributed by atoms with E-state index < -0.39 is 0 Å². The second-order valence-electron chi connectivity index (χ2n) is 5.95. The van der Waals surface area contributed by atoms with Crippen LogP contribution in [0.15, 0.2) is 30.0 Å². The summed E-state index contributed by atoms with van der Waals surface area (Å²) in [5.74, 6) is 1.05. The number of nitriles is 1. The minimum atomic E-state index is -0.376. The van der Waals surface area contributed by atoms with Gasteiger partial charge >= 0.3 is 0 Å². The zero-order valence-corrected chi connectivity index (χ0v) is 14.5. The van der Waals surface area contributed by atoms with E-state index in [1.807, 2.05) is 24.3 Å². The van der Waals surface area contributed by atoms with Crippen LogP contribution in [0, 0.1) is 11.3 Å². The molecule has 1 amide bonds. The van der Waals surface area contributed by atoms with Crippen LogP contribution in [0.1, 0.15) is 5.56 Å². The molecule has 0 aliphatic carbocycles. The van der Waals surface area contributed by atoms with Crippen LogP contribution >= 0.6 is 0 Å². The van der Waals surface area contributed by atoms with Gasteiger partial charge in [0.2, 0.25) is 6.79 Å². The fourth-order valence-electron chi connectivity index (χ4n) is 2.72. The monoisotopic (exact) mass is 358 g/mol. The number of rotatable bonds is 7. The van der Waals surface area contributed by atoms with E-state index in [9.17, 15) is 10.1 Å². The van der Waals surface area contributed by atoms with E-state index in [-0.39, 0.29) is 18.3 Å². The summed E-state index contributed by atoms with van der Waals surface area (Å²) in [6.07, 6.45) is 1.44. The summed E-state index contributed by atoms with van der Waals surface area (Å²) >= 11 is 0. The number of carbonyl (C=O) groups is 1. The first kappa shape index (κ1) is 18.0. The van der Waals surface area contributed by atoms with Crippen molar-refractivity contribution in [1.82, 2.24) is 15.5 Å². The fraction of sp³-hybridized carbons (Fsp3) is 0.444. The number of morpholine rings is 1. The molecule has 0 bridgehead atoms. The lowest BCUT2D eigenvalue weighted by Gasteiger charge is -2.26. The molecule has 1 aromatic carbocycles. The number of ether oxygens (including phenoxy) is 3. The Labute approximate surface area is 152 Å². The van der Waals surface area contributed by atoms with Gasteiger partial charge in [0, 0.05) is 38.9 Å². The topological polar surface area (TPSA) is 95.8 Å². The molecule has 138 valence electrons. The molecular formula is C18H22N4O4. The Morgan fingerprint density at radius 2 is 2.08 bits per heavy atom. The van der Waals surface area contributed by atoms with Crippen LogP contribution in [0.4, 0.5) is 0 Å². The van der Waals surface area contributed by atoms with Crippen molar-refractivity contribution in [3.8, 4) is 17.6 Å². The highest BCUT2D eigenvalue weighted by Crippen LogP contribution is 2.32. The lowest BCUT2D eigenvalue weighted by molar-refractivity contribution is -0.117. The summed E-state index contributed by atoms with van der Waals surface area (Å²) in [5.41, 5.74) is 1.02. The average molecular weight is 358 g/mol. The molecule has 1 saturated heterocycles. The van der Waals surface area contributed by atoms with Gasteiger partial charge in [0.1, 0.15) is 11.6 Å². The molecule has 2 heterocycles. The first-order valence-electron chi connectivity index (χ1n) is 8.57. The number of nitrogens with one attached hydrogen (secondary N) is 2. The number of amides is 1. The predicted octanol–water partition coefficient (Wildman–Crippen LogP) is 0.361. The maximum atomic E-state index is 12.1. The molecular weight excluding hydrogens is 336 g/mol. The van der Waals surface area contributed by atoms with Crippen molar-refractivity contribution < 1.29 is 19.0 Å². The molecule has 8 nitrogen and oxygen atoms in total. The second kappa shape index (κ2) is 9.08.